The van der Waals surface area contributed by atoms with Crippen LogP contribution in [-0.2, 0) is 0 Å². The second-order valence-electron chi connectivity index (χ2n) is 5.20. The molecule has 0 amide bonds. The molecule has 1 unspecified atom stereocenters. The van der Waals surface area contributed by atoms with Crippen LogP contribution in [0.1, 0.15) is 18.2 Å². The molecule has 1 N–H and O–H groups in total. The standard InChI is InChI=1S/C18H16N2O/c1-2-9-15(10-3-1)20-17(18-11-6-12-21-18)13-16(19-20)14-7-4-5-8-14/h1-12,17,19H,13H2. The molecule has 2 heterocycles. The number of allylic oxidation sites excluding steroid dienone is 5. The number of hydrazine groups is 1. The number of nitrogens with zero attached hydrogens (tertiary/aromatic N) is 1. The van der Waals surface area contributed by atoms with Crippen molar-refractivity contribution < 1.29 is 4.42 Å². The van der Waals surface area contributed by atoms with Crippen LogP contribution in [0.3, 0.4) is 0 Å². The van der Waals surface area contributed by atoms with Crippen molar-refractivity contribution in [2.45, 2.75) is 12.5 Å². The van der Waals surface area contributed by atoms with Gasteiger partial charge in [-0.2, -0.15) is 0 Å². The maximum absolute atomic E-state index is 5.64. The van der Waals surface area contributed by atoms with Crippen molar-refractivity contribution in [3.05, 3.63) is 90.1 Å². The Bertz CT molecular complexity index is 697. The van der Waals surface area contributed by atoms with Crippen LogP contribution in [0.25, 0.3) is 0 Å². The summed E-state index contributed by atoms with van der Waals surface area (Å²) >= 11 is 0. The third-order valence-electron chi connectivity index (χ3n) is 3.88. The van der Waals surface area contributed by atoms with Gasteiger partial charge in [-0.25, -0.2) is 0 Å². The normalized spacial score (nSPS) is 20.4. The molecule has 104 valence electrons. The molecule has 1 saturated heterocycles. The molecule has 1 aliphatic carbocycles. The molecule has 0 radical (unpaired) electrons. The smallest absolute Gasteiger partial charge is 0.128 e. The zero-order valence-corrected chi connectivity index (χ0v) is 11.6. The molecule has 1 atom stereocenters. The second kappa shape index (κ2) is 5.02. The van der Waals surface area contributed by atoms with Gasteiger partial charge in [-0.05, 0) is 29.8 Å². The topological polar surface area (TPSA) is 28.4 Å². The van der Waals surface area contributed by atoms with Gasteiger partial charge < -0.3 is 9.84 Å². The van der Waals surface area contributed by atoms with Gasteiger partial charge in [-0.1, -0.05) is 42.5 Å². The lowest BCUT2D eigenvalue weighted by molar-refractivity contribution is 0.462. The van der Waals surface area contributed by atoms with E-state index in [2.05, 4.69) is 59.0 Å². The number of hydrogen-bond acceptors (Lipinski definition) is 3. The number of para-hydroxylation sites is 1. The summed E-state index contributed by atoms with van der Waals surface area (Å²) in [6.45, 7) is 0. The Morgan fingerprint density at radius 1 is 1.00 bits per heavy atom. The largest absolute Gasteiger partial charge is 0.467 e. The Hall–Kier alpha value is -2.68. The van der Waals surface area contributed by atoms with Crippen molar-refractivity contribution in [3.63, 3.8) is 0 Å². The maximum atomic E-state index is 5.64. The van der Waals surface area contributed by atoms with Gasteiger partial charge in [0, 0.05) is 12.1 Å². The average molecular weight is 276 g/mol. The van der Waals surface area contributed by atoms with E-state index in [1.165, 1.54) is 11.3 Å². The van der Waals surface area contributed by atoms with E-state index in [1.54, 1.807) is 6.26 Å². The van der Waals surface area contributed by atoms with E-state index in [0.29, 0.717) is 0 Å². The molecule has 0 bridgehead atoms. The van der Waals surface area contributed by atoms with E-state index in [0.717, 1.165) is 17.9 Å². The minimum Gasteiger partial charge on any atom is -0.467 e. The molecule has 21 heavy (non-hydrogen) atoms. The highest BCUT2D eigenvalue weighted by Gasteiger charge is 2.32. The van der Waals surface area contributed by atoms with E-state index in [1.807, 2.05) is 18.2 Å². The fourth-order valence-electron chi connectivity index (χ4n) is 2.85. The molecule has 2 aromatic rings. The summed E-state index contributed by atoms with van der Waals surface area (Å²) in [7, 11) is 0. The molecule has 0 saturated carbocycles. The van der Waals surface area contributed by atoms with Gasteiger partial charge in [0.25, 0.3) is 0 Å². The predicted molar refractivity (Wildman–Crippen MR) is 83.4 cm³/mol. The molecule has 1 fully saturated rings. The van der Waals surface area contributed by atoms with Crippen LogP contribution in [0.2, 0.25) is 0 Å². The SMILES string of the molecule is C1=CC(=C2CC(c3ccco3)N(c3ccccc3)N2)C=C1. The lowest BCUT2D eigenvalue weighted by Gasteiger charge is -2.24. The van der Waals surface area contributed by atoms with Crippen LogP contribution in [-0.4, -0.2) is 0 Å². The summed E-state index contributed by atoms with van der Waals surface area (Å²) < 4.78 is 5.64. The van der Waals surface area contributed by atoms with Crippen LogP contribution in [0.15, 0.2) is 88.7 Å². The van der Waals surface area contributed by atoms with Crippen molar-refractivity contribution in [2.75, 3.05) is 5.01 Å². The zero-order chi connectivity index (χ0) is 14.1. The average Bonchev–Trinajstić information content (AvgIpc) is 3.27. The first-order valence-electron chi connectivity index (χ1n) is 7.14. The number of nitrogens with one attached hydrogen (secondary N) is 1. The van der Waals surface area contributed by atoms with E-state index >= 15 is 0 Å². The number of hydrogen-bond donors (Lipinski definition) is 1. The molecule has 4 rings (SSSR count). The van der Waals surface area contributed by atoms with Gasteiger partial charge in [-0.3, -0.25) is 5.01 Å². The van der Waals surface area contributed by atoms with Crippen molar-refractivity contribution in [2.24, 2.45) is 0 Å². The minimum atomic E-state index is 0.173. The van der Waals surface area contributed by atoms with E-state index in [-0.39, 0.29) is 6.04 Å². The number of rotatable bonds is 2. The van der Waals surface area contributed by atoms with Gasteiger partial charge in [0.2, 0.25) is 0 Å². The molecule has 0 spiro atoms. The lowest BCUT2D eigenvalue weighted by atomic mass is 10.1. The summed E-state index contributed by atoms with van der Waals surface area (Å²) in [4.78, 5) is 0. The molecule has 1 aromatic carbocycles. The van der Waals surface area contributed by atoms with E-state index in [4.69, 9.17) is 4.42 Å². The van der Waals surface area contributed by atoms with Gasteiger partial charge in [0.15, 0.2) is 0 Å². The van der Waals surface area contributed by atoms with Crippen molar-refractivity contribution in [3.8, 4) is 0 Å². The monoisotopic (exact) mass is 276 g/mol. The third kappa shape index (κ3) is 2.17. The molecule has 3 nitrogen and oxygen atoms in total. The summed E-state index contributed by atoms with van der Waals surface area (Å²) in [5, 5.41) is 2.18. The van der Waals surface area contributed by atoms with Gasteiger partial charge in [0.05, 0.1) is 12.0 Å². The highest BCUT2D eigenvalue weighted by Crippen LogP contribution is 2.37. The van der Waals surface area contributed by atoms with Crippen LogP contribution in [0.5, 0.6) is 0 Å². The highest BCUT2D eigenvalue weighted by atomic mass is 16.3. The molecule has 1 aromatic heterocycles. The minimum absolute atomic E-state index is 0.173. The van der Waals surface area contributed by atoms with Gasteiger partial charge >= 0.3 is 0 Å². The lowest BCUT2D eigenvalue weighted by Crippen LogP contribution is -2.32. The van der Waals surface area contributed by atoms with Crippen LogP contribution in [0.4, 0.5) is 5.69 Å². The maximum Gasteiger partial charge on any atom is 0.128 e. The molecule has 1 aliphatic heterocycles. The molecular weight excluding hydrogens is 260 g/mol. The third-order valence-corrected chi connectivity index (χ3v) is 3.88. The Kier molecular flexibility index (Phi) is 2.89. The quantitative estimate of drug-likeness (QED) is 0.894. The zero-order valence-electron chi connectivity index (χ0n) is 11.6. The van der Waals surface area contributed by atoms with Crippen LogP contribution >= 0.6 is 0 Å². The summed E-state index contributed by atoms with van der Waals surface area (Å²) in [6, 6.07) is 14.5. The van der Waals surface area contributed by atoms with E-state index < -0.39 is 0 Å². The Morgan fingerprint density at radius 2 is 1.81 bits per heavy atom. The summed E-state index contributed by atoms with van der Waals surface area (Å²) in [5.41, 5.74) is 7.15. The predicted octanol–water partition coefficient (Wildman–Crippen LogP) is 4.12. The number of benzene rings is 1. The summed E-state index contributed by atoms with van der Waals surface area (Å²) in [5.74, 6) is 0.980. The summed E-state index contributed by atoms with van der Waals surface area (Å²) in [6.07, 6.45) is 11.0. The van der Waals surface area contributed by atoms with Crippen molar-refractivity contribution in [1.82, 2.24) is 5.43 Å². The van der Waals surface area contributed by atoms with E-state index in [9.17, 15) is 0 Å². The number of furan rings is 1. The first-order chi connectivity index (χ1) is 10.4. The first-order valence-corrected chi connectivity index (χ1v) is 7.14. The van der Waals surface area contributed by atoms with Crippen molar-refractivity contribution in [1.29, 1.82) is 0 Å². The molecular formula is C18H16N2O. The van der Waals surface area contributed by atoms with Gasteiger partial charge in [0.1, 0.15) is 11.8 Å². The second-order valence-corrected chi connectivity index (χ2v) is 5.20. The van der Waals surface area contributed by atoms with Crippen molar-refractivity contribution >= 4 is 5.69 Å². The van der Waals surface area contributed by atoms with Crippen LogP contribution < -0.4 is 10.4 Å². The Labute approximate surface area is 123 Å². The Balaban J connectivity index is 1.74. The first kappa shape index (κ1) is 12.1. The fourth-order valence-corrected chi connectivity index (χ4v) is 2.85. The van der Waals surface area contributed by atoms with Gasteiger partial charge in [-0.15, -0.1) is 0 Å². The molecule has 2 aliphatic rings. The fraction of sp³-hybridized carbons (Fsp3) is 0.111. The Morgan fingerprint density at radius 3 is 2.52 bits per heavy atom. The number of anilines is 1. The molecule has 3 heteroatoms. The highest BCUT2D eigenvalue weighted by molar-refractivity contribution is 5.53. The van der Waals surface area contributed by atoms with Crippen LogP contribution in [0, 0.1) is 0 Å².